The molecule has 3 rings (SSSR count). The van der Waals surface area contributed by atoms with Crippen LogP contribution < -0.4 is 4.74 Å². The number of benzene rings is 1. The maximum Gasteiger partial charge on any atom is 0.329 e. The van der Waals surface area contributed by atoms with Crippen molar-refractivity contribution in [3.8, 4) is 5.75 Å². The van der Waals surface area contributed by atoms with Gasteiger partial charge in [-0.25, -0.2) is 9.78 Å². The number of likely N-dealkylation sites (tertiary alicyclic amines) is 1. The smallest absolute Gasteiger partial charge is 0.329 e. The Hall–Kier alpha value is -2.30. The van der Waals surface area contributed by atoms with Crippen molar-refractivity contribution in [2.75, 3.05) is 20.2 Å². The predicted octanol–water partition coefficient (Wildman–Crippen LogP) is 2.81. The van der Waals surface area contributed by atoms with Crippen molar-refractivity contribution in [2.45, 2.75) is 19.3 Å². The van der Waals surface area contributed by atoms with E-state index in [2.05, 4.69) is 17.1 Å². The summed E-state index contributed by atoms with van der Waals surface area (Å²) >= 11 is 0. The lowest BCUT2D eigenvalue weighted by molar-refractivity contribution is 0.172. The van der Waals surface area contributed by atoms with Gasteiger partial charge in [-0.1, -0.05) is 12.1 Å². The van der Waals surface area contributed by atoms with Gasteiger partial charge >= 0.3 is 6.03 Å². The van der Waals surface area contributed by atoms with E-state index in [4.69, 9.17) is 4.74 Å². The van der Waals surface area contributed by atoms with Gasteiger partial charge in [-0.05, 0) is 42.9 Å². The van der Waals surface area contributed by atoms with Gasteiger partial charge in [0.25, 0.3) is 0 Å². The van der Waals surface area contributed by atoms with Crippen molar-refractivity contribution in [3.63, 3.8) is 0 Å². The molecule has 0 atom stereocenters. The zero-order chi connectivity index (χ0) is 15.4. The summed E-state index contributed by atoms with van der Waals surface area (Å²) in [6.07, 6.45) is 8.06. The largest absolute Gasteiger partial charge is 0.497 e. The minimum atomic E-state index is 0.0281. The van der Waals surface area contributed by atoms with Gasteiger partial charge < -0.3 is 9.64 Å². The topological polar surface area (TPSA) is 47.4 Å². The minimum Gasteiger partial charge on any atom is -0.497 e. The van der Waals surface area contributed by atoms with Gasteiger partial charge in [0.2, 0.25) is 0 Å². The van der Waals surface area contributed by atoms with E-state index in [9.17, 15) is 4.79 Å². The Morgan fingerprint density at radius 1 is 1.27 bits per heavy atom. The Morgan fingerprint density at radius 3 is 2.59 bits per heavy atom. The molecule has 0 aliphatic carbocycles. The van der Waals surface area contributed by atoms with Gasteiger partial charge in [0, 0.05) is 25.5 Å². The van der Waals surface area contributed by atoms with Gasteiger partial charge in [-0.2, -0.15) is 0 Å². The second-order valence-corrected chi connectivity index (χ2v) is 5.74. The van der Waals surface area contributed by atoms with Crippen LogP contribution in [-0.2, 0) is 6.42 Å². The summed E-state index contributed by atoms with van der Waals surface area (Å²) in [4.78, 5) is 18.1. The summed E-state index contributed by atoms with van der Waals surface area (Å²) in [5.74, 6) is 1.53. The Kier molecular flexibility index (Phi) is 4.42. The van der Waals surface area contributed by atoms with E-state index in [0.29, 0.717) is 5.92 Å². The van der Waals surface area contributed by atoms with Crippen molar-refractivity contribution in [1.82, 2.24) is 14.5 Å². The van der Waals surface area contributed by atoms with E-state index in [-0.39, 0.29) is 6.03 Å². The molecule has 1 aliphatic rings. The van der Waals surface area contributed by atoms with Crippen LogP contribution in [0.5, 0.6) is 5.75 Å². The molecule has 5 heteroatoms. The molecular formula is C17H21N3O2. The molecule has 22 heavy (non-hydrogen) atoms. The molecule has 0 spiro atoms. The van der Waals surface area contributed by atoms with E-state index in [1.54, 1.807) is 30.4 Å². The van der Waals surface area contributed by atoms with Crippen LogP contribution in [0.1, 0.15) is 18.4 Å². The molecule has 1 aliphatic heterocycles. The first-order valence-corrected chi connectivity index (χ1v) is 7.66. The fourth-order valence-corrected chi connectivity index (χ4v) is 2.96. The van der Waals surface area contributed by atoms with Gasteiger partial charge in [0.15, 0.2) is 0 Å². The van der Waals surface area contributed by atoms with Crippen LogP contribution in [-0.4, -0.2) is 40.7 Å². The number of imidazole rings is 1. The zero-order valence-electron chi connectivity index (χ0n) is 12.8. The molecule has 2 heterocycles. The molecule has 1 aromatic carbocycles. The van der Waals surface area contributed by atoms with Crippen LogP contribution >= 0.6 is 0 Å². The van der Waals surface area contributed by atoms with Crippen LogP contribution in [0.25, 0.3) is 0 Å². The number of aromatic nitrogens is 2. The highest BCUT2D eigenvalue weighted by atomic mass is 16.5. The lowest BCUT2D eigenvalue weighted by Gasteiger charge is -2.32. The molecule has 0 radical (unpaired) electrons. The molecule has 1 saturated heterocycles. The SMILES string of the molecule is COc1ccc(CC2CCN(C(=O)n3ccnc3)CC2)cc1. The second kappa shape index (κ2) is 6.64. The Morgan fingerprint density at radius 2 is 2.00 bits per heavy atom. The summed E-state index contributed by atoms with van der Waals surface area (Å²) in [6.45, 7) is 1.63. The van der Waals surface area contributed by atoms with Crippen LogP contribution in [0.2, 0.25) is 0 Å². The maximum atomic E-state index is 12.2. The van der Waals surface area contributed by atoms with E-state index in [0.717, 1.165) is 38.1 Å². The summed E-state index contributed by atoms with van der Waals surface area (Å²) < 4.78 is 6.73. The molecule has 0 bridgehead atoms. The fourth-order valence-electron chi connectivity index (χ4n) is 2.96. The van der Waals surface area contributed by atoms with Crippen LogP contribution in [0.3, 0.4) is 0 Å². The number of hydrogen-bond donors (Lipinski definition) is 0. The Bertz CT molecular complexity index is 599. The first kappa shape index (κ1) is 14.6. The molecular weight excluding hydrogens is 278 g/mol. The van der Waals surface area contributed by atoms with Gasteiger partial charge in [-0.3, -0.25) is 4.57 Å². The number of piperidine rings is 1. The number of carbonyl (C=O) groups excluding carboxylic acids is 1. The van der Waals surface area contributed by atoms with E-state index in [1.807, 2.05) is 17.0 Å². The molecule has 0 N–H and O–H groups in total. The van der Waals surface area contributed by atoms with Crippen molar-refractivity contribution in [2.24, 2.45) is 5.92 Å². The minimum absolute atomic E-state index is 0.0281. The highest BCUT2D eigenvalue weighted by Crippen LogP contribution is 2.23. The van der Waals surface area contributed by atoms with Gasteiger partial charge in [0.1, 0.15) is 12.1 Å². The average molecular weight is 299 g/mol. The van der Waals surface area contributed by atoms with Crippen LogP contribution in [0.4, 0.5) is 4.79 Å². The predicted molar refractivity (Wildman–Crippen MR) is 84.0 cm³/mol. The Labute approximate surface area is 130 Å². The number of amides is 1. The molecule has 0 saturated carbocycles. The molecule has 1 aromatic heterocycles. The summed E-state index contributed by atoms with van der Waals surface area (Å²) in [5, 5.41) is 0. The van der Waals surface area contributed by atoms with E-state index >= 15 is 0 Å². The summed E-state index contributed by atoms with van der Waals surface area (Å²) in [6, 6.07) is 8.30. The first-order chi connectivity index (χ1) is 10.8. The molecule has 5 nitrogen and oxygen atoms in total. The lowest BCUT2D eigenvalue weighted by atomic mass is 9.90. The second-order valence-electron chi connectivity index (χ2n) is 5.74. The third kappa shape index (κ3) is 3.30. The normalized spacial score (nSPS) is 15.8. The quantitative estimate of drug-likeness (QED) is 0.875. The number of methoxy groups -OCH3 is 1. The number of hydrogen-bond acceptors (Lipinski definition) is 3. The molecule has 116 valence electrons. The monoisotopic (exact) mass is 299 g/mol. The maximum absolute atomic E-state index is 12.2. The number of ether oxygens (including phenoxy) is 1. The third-order valence-corrected chi connectivity index (χ3v) is 4.29. The third-order valence-electron chi connectivity index (χ3n) is 4.29. The number of nitrogens with zero attached hydrogens (tertiary/aromatic N) is 3. The van der Waals surface area contributed by atoms with E-state index < -0.39 is 0 Å². The molecule has 0 unspecified atom stereocenters. The zero-order valence-corrected chi connectivity index (χ0v) is 12.8. The highest BCUT2D eigenvalue weighted by molar-refractivity contribution is 5.76. The number of carbonyl (C=O) groups is 1. The van der Waals surface area contributed by atoms with Crippen molar-refractivity contribution < 1.29 is 9.53 Å². The molecule has 1 amide bonds. The van der Waals surface area contributed by atoms with E-state index in [1.165, 1.54) is 5.56 Å². The standard InChI is InChI=1S/C17H21N3O2/c1-22-16-4-2-14(3-5-16)12-15-6-9-19(10-7-15)17(21)20-11-8-18-13-20/h2-5,8,11,13,15H,6-7,9-10,12H2,1H3. The van der Waals surface area contributed by atoms with Gasteiger partial charge in [-0.15, -0.1) is 0 Å². The Balaban J connectivity index is 1.52. The first-order valence-electron chi connectivity index (χ1n) is 7.66. The summed E-state index contributed by atoms with van der Waals surface area (Å²) in [7, 11) is 1.68. The van der Waals surface area contributed by atoms with Crippen molar-refractivity contribution >= 4 is 6.03 Å². The van der Waals surface area contributed by atoms with Crippen LogP contribution in [0.15, 0.2) is 43.0 Å². The fraction of sp³-hybridized carbons (Fsp3) is 0.412. The highest BCUT2D eigenvalue weighted by Gasteiger charge is 2.23. The van der Waals surface area contributed by atoms with Crippen molar-refractivity contribution in [1.29, 1.82) is 0 Å². The van der Waals surface area contributed by atoms with Gasteiger partial charge in [0.05, 0.1) is 7.11 Å². The average Bonchev–Trinajstić information content (AvgIpc) is 3.10. The molecule has 1 fully saturated rings. The van der Waals surface area contributed by atoms with Crippen LogP contribution in [0, 0.1) is 5.92 Å². The summed E-state index contributed by atoms with van der Waals surface area (Å²) in [5.41, 5.74) is 1.33. The number of rotatable bonds is 3. The van der Waals surface area contributed by atoms with Crippen molar-refractivity contribution in [3.05, 3.63) is 48.5 Å². The molecule has 2 aromatic rings. The lowest BCUT2D eigenvalue weighted by Crippen LogP contribution is -2.40.